The van der Waals surface area contributed by atoms with Crippen LogP contribution in [0.2, 0.25) is 0 Å². The molecule has 2 heterocycles. The van der Waals surface area contributed by atoms with Crippen LogP contribution in [0.5, 0.6) is 0 Å². The second-order valence-electron chi connectivity index (χ2n) is 8.56. The number of allylic oxidation sites excluding steroid dienone is 2. The Hall–Kier alpha value is -3.42. The molecule has 176 valence electrons. The summed E-state index contributed by atoms with van der Waals surface area (Å²) < 4.78 is 0. The van der Waals surface area contributed by atoms with Crippen molar-refractivity contribution in [2.24, 2.45) is 0 Å². The molecule has 0 spiro atoms. The van der Waals surface area contributed by atoms with E-state index >= 15 is 0 Å². The summed E-state index contributed by atoms with van der Waals surface area (Å²) in [5.74, 6) is 0.222. The number of fused-ring (bicyclic) bond motifs is 1. The third-order valence-electron chi connectivity index (χ3n) is 5.63. The van der Waals surface area contributed by atoms with Crippen LogP contribution >= 0.6 is 11.3 Å². The summed E-state index contributed by atoms with van der Waals surface area (Å²) in [6.07, 6.45) is 7.08. The zero-order valence-corrected chi connectivity index (χ0v) is 20.3. The number of amides is 2. The van der Waals surface area contributed by atoms with Crippen molar-refractivity contribution in [2.45, 2.75) is 26.2 Å². The highest BCUT2D eigenvalue weighted by Gasteiger charge is 2.19. The zero-order chi connectivity index (χ0) is 23.9. The molecule has 0 fully saturated rings. The van der Waals surface area contributed by atoms with Crippen LogP contribution in [0.15, 0.2) is 72.5 Å². The van der Waals surface area contributed by atoms with Crippen LogP contribution in [0.1, 0.15) is 41.4 Å². The second-order valence-corrected chi connectivity index (χ2v) is 9.64. The number of hydrogen-bond acceptors (Lipinski definition) is 5. The molecule has 2 amide bonds. The highest BCUT2D eigenvalue weighted by atomic mass is 32.1. The summed E-state index contributed by atoms with van der Waals surface area (Å²) in [6, 6.07) is 15.2. The monoisotopic (exact) mass is 474 g/mol. The minimum atomic E-state index is -0.363. The van der Waals surface area contributed by atoms with Crippen LogP contribution in [-0.2, 0) is 0 Å². The quantitative estimate of drug-likeness (QED) is 0.243. The van der Waals surface area contributed by atoms with Crippen molar-refractivity contribution >= 4 is 44.6 Å². The lowest BCUT2D eigenvalue weighted by Gasteiger charge is -2.11. The Kier molecular flexibility index (Phi) is 7.77. The van der Waals surface area contributed by atoms with Gasteiger partial charge in [-0.2, -0.15) is 0 Å². The van der Waals surface area contributed by atoms with Crippen LogP contribution < -0.4 is 21.3 Å². The van der Waals surface area contributed by atoms with Gasteiger partial charge in [-0.1, -0.05) is 62.4 Å². The Morgan fingerprint density at radius 2 is 1.91 bits per heavy atom. The maximum Gasteiger partial charge on any atom is 0.324 e. The molecule has 7 heteroatoms. The summed E-state index contributed by atoms with van der Waals surface area (Å²) in [6.45, 7) is 5.79. The molecule has 3 aromatic rings. The zero-order valence-electron chi connectivity index (χ0n) is 19.5. The van der Waals surface area contributed by atoms with E-state index in [0.717, 1.165) is 34.3 Å². The second kappa shape index (κ2) is 11.1. The van der Waals surface area contributed by atoms with E-state index in [2.05, 4.69) is 47.3 Å². The lowest BCUT2D eigenvalue weighted by Crippen LogP contribution is -2.28. The predicted molar refractivity (Wildman–Crippen MR) is 142 cm³/mol. The third kappa shape index (κ3) is 5.92. The molecule has 0 bridgehead atoms. The van der Waals surface area contributed by atoms with E-state index in [4.69, 9.17) is 0 Å². The number of anilines is 2. The van der Waals surface area contributed by atoms with Crippen LogP contribution in [-0.4, -0.2) is 31.4 Å². The fourth-order valence-electron chi connectivity index (χ4n) is 3.80. The molecular weight excluding hydrogens is 444 g/mol. The molecule has 1 aliphatic heterocycles. The first kappa shape index (κ1) is 23.7. The van der Waals surface area contributed by atoms with E-state index in [1.165, 1.54) is 16.9 Å². The van der Waals surface area contributed by atoms with Gasteiger partial charge in [0.05, 0.1) is 17.8 Å². The number of thiophene rings is 1. The molecule has 0 unspecified atom stereocenters. The van der Waals surface area contributed by atoms with E-state index in [9.17, 15) is 9.59 Å². The summed E-state index contributed by atoms with van der Waals surface area (Å²) in [5, 5.41) is 14.9. The van der Waals surface area contributed by atoms with Gasteiger partial charge < -0.3 is 16.0 Å². The third-order valence-corrected chi connectivity index (χ3v) is 6.98. The largest absolute Gasteiger partial charge is 0.387 e. The van der Waals surface area contributed by atoms with Crippen LogP contribution in [0.4, 0.5) is 15.5 Å². The van der Waals surface area contributed by atoms with E-state index in [0.29, 0.717) is 17.1 Å². The smallest absolute Gasteiger partial charge is 0.324 e. The normalized spacial score (nSPS) is 13.3. The molecule has 0 radical (unpaired) electrons. The number of rotatable bonds is 8. The van der Waals surface area contributed by atoms with Crippen LogP contribution in [0.3, 0.4) is 0 Å². The first-order valence-electron chi connectivity index (χ1n) is 11.5. The van der Waals surface area contributed by atoms with Gasteiger partial charge in [0.25, 0.3) is 0 Å². The van der Waals surface area contributed by atoms with Gasteiger partial charge in [0.1, 0.15) is 5.00 Å². The van der Waals surface area contributed by atoms with Crippen LogP contribution in [0, 0.1) is 0 Å². The Labute approximate surface area is 204 Å². The number of nitrogens with one attached hydrogen (secondary N) is 4. The summed E-state index contributed by atoms with van der Waals surface area (Å²) in [4.78, 5) is 27.0. The van der Waals surface area contributed by atoms with Gasteiger partial charge in [0.15, 0.2) is 5.78 Å². The van der Waals surface area contributed by atoms with Gasteiger partial charge in [0.2, 0.25) is 0 Å². The fraction of sp³-hybridized carbons (Fsp3) is 0.259. The summed E-state index contributed by atoms with van der Waals surface area (Å²) in [7, 11) is 0. The van der Waals surface area contributed by atoms with Gasteiger partial charge in [-0.3, -0.25) is 10.1 Å². The first-order valence-corrected chi connectivity index (χ1v) is 12.3. The van der Waals surface area contributed by atoms with Gasteiger partial charge in [-0.25, -0.2) is 4.79 Å². The maximum atomic E-state index is 13.1. The minimum absolute atomic E-state index is 0.0380. The number of Topliss-reactive ketones (excluding diaryl/α,β-unsaturated/α-hetero) is 1. The van der Waals surface area contributed by atoms with Gasteiger partial charge in [-0.05, 0) is 41.6 Å². The van der Waals surface area contributed by atoms with Gasteiger partial charge >= 0.3 is 6.03 Å². The number of carbonyl (C=O) groups excluding carboxylic acids is 2. The Morgan fingerprint density at radius 3 is 2.76 bits per heavy atom. The van der Waals surface area contributed by atoms with Gasteiger partial charge in [0, 0.05) is 23.4 Å². The first-order chi connectivity index (χ1) is 16.5. The molecule has 1 aliphatic rings. The lowest BCUT2D eigenvalue weighted by atomic mass is 10.1. The molecule has 0 atom stereocenters. The van der Waals surface area contributed by atoms with Crippen molar-refractivity contribution in [3.05, 3.63) is 82.9 Å². The van der Waals surface area contributed by atoms with Crippen molar-refractivity contribution in [3.8, 4) is 0 Å². The number of urea groups is 1. The molecule has 1 aromatic heterocycles. The van der Waals surface area contributed by atoms with Crippen molar-refractivity contribution in [1.82, 2.24) is 10.6 Å². The topological polar surface area (TPSA) is 82.3 Å². The Balaban J connectivity index is 1.44. The highest BCUT2D eigenvalue weighted by Crippen LogP contribution is 2.33. The highest BCUT2D eigenvalue weighted by molar-refractivity contribution is 7.16. The number of hydrogen-bond donors (Lipinski definition) is 4. The summed E-state index contributed by atoms with van der Waals surface area (Å²) in [5.41, 5.74) is 2.49. The predicted octanol–water partition coefficient (Wildman–Crippen LogP) is 5.87. The molecular formula is C27H30N4O2S. The SMILES string of the molecule is CC(C)c1cc(C(=O)CNCC2=CCC=CNC2)c(NC(=O)Nc2cccc3ccccc23)s1. The van der Waals surface area contributed by atoms with E-state index in [1.807, 2.05) is 54.7 Å². The van der Waals surface area contributed by atoms with Crippen LogP contribution in [0.25, 0.3) is 10.8 Å². The average Bonchev–Trinajstić information content (AvgIpc) is 3.07. The number of benzene rings is 2. The molecule has 6 nitrogen and oxygen atoms in total. The van der Waals surface area contributed by atoms with Crippen molar-refractivity contribution in [3.63, 3.8) is 0 Å². The average molecular weight is 475 g/mol. The molecule has 0 saturated carbocycles. The van der Waals surface area contributed by atoms with E-state index in [-0.39, 0.29) is 24.3 Å². The number of carbonyl (C=O) groups is 2. The lowest BCUT2D eigenvalue weighted by molar-refractivity contribution is 0.0993. The molecule has 4 rings (SSSR count). The van der Waals surface area contributed by atoms with Crippen molar-refractivity contribution < 1.29 is 9.59 Å². The van der Waals surface area contributed by atoms with Crippen molar-refractivity contribution in [1.29, 1.82) is 0 Å². The minimum Gasteiger partial charge on any atom is -0.387 e. The van der Waals surface area contributed by atoms with Gasteiger partial charge in [-0.15, -0.1) is 11.3 Å². The number of ketones is 1. The van der Waals surface area contributed by atoms with Crippen molar-refractivity contribution in [2.75, 3.05) is 30.3 Å². The molecule has 0 aliphatic carbocycles. The molecule has 4 N–H and O–H groups in total. The molecule has 2 aromatic carbocycles. The Bertz CT molecular complexity index is 1240. The summed E-state index contributed by atoms with van der Waals surface area (Å²) >= 11 is 1.45. The van der Waals surface area contributed by atoms with E-state index < -0.39 is 0 Å². The molecule has 34 heavy (non-hydrogen) atoms. The maximum absolute atomic E-state index is 13.1. The standard InChI is InChI=1S/C27H30N4O2S/c1-18(2)25-14-22(24(32)17-29-16-19-8-5-6-13-28-15-19)26(34-25)31-27(33)30-23-12-7-10-20-9-3-4-11-21(20)23/h3-4,6-14,18,28-29H,5,15-17H2,1-2H3,(H2,30,31,33). The Morgan fingerprint density at radius 1 is 1.09 bits per heavy atom. The molecule has 0 saturated heterocycles. The fourth-order valence-corrected chi connectivity index (χ4v) is 4.88. The van der Waals surface area contributed by atoms with E-state index in [1.54, 1.807) is 0 Å².